The van der Waals surface area contributed by atoms with Gasteiger partial charge in [0.1, 0.15) is 0 Å². The third kappa shape index (κ3) is 5.90. The van der Waals surface area contributed by atoms with Crippen LogP contribution in [0.2, 0.25) is 5.02 Å². The smallest absolute Gasteiger partial charge is 0.0408 e. The van der Waals surface area contributed by atoms with Gasteiger partial charge in [0, 0.05) is 11.1 Å². The van der Waals surface area contributed by atoms with E-state index in [0.717, 1.165) is 30.8 Å². The van der Waals surface area contributed by atoms with Gasteiger partial charge in [-0.1, -0.05) is 36.2 Å². The minimum atomic E-state index is 0.464. The van der Waals surface area contributed by atoms with Crippen LogP contribution >= 0.6 is 11.6 Å². The molecular formula is C15H22ClN. The summed E-state index contributed by atoms with van der Waals surface area (Å²) in [6, 6.07) is 8.56. The highest BCUT2D eigenvalue weighted by Crippen LogP contribution is 2.14. The molecule has 1 N–H and O–H groups in total. The van der Waals surface area contributed by atoms with E-state index in [1.54, 1.807) is 0 Å². The molecule has 0 bridgehead atoms. The Morgan fingerprint density at radius 1 is 1.47 bits per heavy atom. The maximum Gasteiger partial charge on any atom is 0.0408 e. The van der Waals surface area contributed by atoms with E-state index in [-0.39, 0.29) is 0 Å². The van der Waals surface area contributed by atoms with Crippen molar-refractivity contribution in [2.45, 2.75) is 39.2 Å². The largest absolute Gasteiger partial charge is 0.313 e. The molecule has 1 rings (SSSR count). The normalized spacial score (nSPS) is 12.4. The topological polar surface area (TPSA) is 12.0 Å². The van der Waals surface area contributed by atoms with Crippen LogP contribution in [-0.2, 0) is 6.42 Å². The Hall–Kier alpha value is -0.790. The number of halogens is 1. The van der Waals surface area contributed by atoms with Crippen molar-refractivity contribution < 1.29 is 0 Å². The SMILES string of the molecule is C=C(C)CC(Cc1cccc(Cl)c1)NCCC. The van der Waals surface area contributed by atoms with Gasteiger partial charge in [-0.05, 0) is 50.4 Å². The lowest BCUT2D eigenvalue weighted by Gasteiger charge is -2.18. The lowest BCUT2D eigenvalue weighted by atomic mass is 10.0. The summed E-state index contributed by atoms with van der Waals surface area (Å²) in [5.41, 5.74) is 2.51. The van der Waals surface area contributed by atoms with Crippen molar-refractivity contribution in [3.63, 3.8) is 0 Å². The Bertz CT molecular complexity index is 360. The predicted octanol–water partition coefficient (Wildman–Crippen LogP) is 4.22. The average Bonchev–Trinajstić information content (AvgIpc) is 2.25. The van der Waals surface area contributed by atoms with Crippen molar-refractivity contribution >= 4 is 11.6 Å². The standard InChI is InChI=1S/C15H22ClN/c1-4-8-17-15(9-12(2)3)11-13-6-5-7-14(16)10-13/h5-7,10,15,17H,2,4,8-9,11H2,1,3H3. The lowest BCUT2D eigenvalue weighted by molar-refractivity contribution is 0.503. The van der Waals surface area contributed by atoms with E-state index in [0.29, 0.717) is 6.04 Å². The zero-order chi connectivity index (χ0) is 12.7. The van der Waals surface area contributed by atoms with Gasteiger partial charge < -0.3 is 5.32 Å². The van der Waals surface area contributed by atoms with Crippen LogP contribution in [0, 0.1) is 0 Å². The molecule has 1 nitrogen and oxygen atoms in total. The minimum Gasteiger partial charge on any atom is -0.313 e. The molecule has 0 saturated carbocycles. The Balaban J connectivity index is 2.61. The first-order valence-electron chi connectivity index (χ1n) is 6.24. The van der Waals surface area contributed by atoms with Gasteiger partial charge in [0.15, 0.2) is 0 Å². The average molecular weight is 252 g/mol. The van der Waals surface area contributed by atoms with Crippen molar-refractivity contribution in [2.24, 2.45) is 0 Å². The monoisotopic (exact) mass is 251 g/mol. The molecule has 0 heterocycles. The molecule has 1 unspecified atom stereocenters. The summed E-state index contributed by atoms with van der Waals surface area (Å²) < 4.78 is 0. The highest BCUT2D eigenvalue weighted by molar-refractivity contribution is 6.30. The van der Waals surface area contributed by atoms with E-state index in [9.17, 15) is 0 Å². The molecule has 1 aromatic carbocycles. The first-order valence-corrected chi connectivity index (χ1v) is 6.61. The van der Waals surface area contributed by atoms with E-state index >= 15 is 0 Å². The van der Waals surface area contributed by atoms with E-state index in [2.05, 4.69) is 31.8 Å². The summed E-state index contributed by atoms with van der Waals surface area (Å²) in [7, 11) is 0. The second-order valence-electron chi connectivity index (χ2n) is 4.65. The number of nitrogens with one attached hydrogen (secondary N) is 1. The van der Waals surface area contributed by atoms with Crippen LogP contribution < -0.4 is 5.32 Å². The highest BCUT2D eigenvalue weighted by Gasteiger charge is 2.09. The fourth-order valence-corrected chi connectivity index (χ4v) is 2.15. The number of hydrogen-bond donors (Lipinski definition) is 1. The maximum atomic E-state index is 6.00. The minimum absolute atomic E-state index is 0.464. The maximum absolute atomic E-state index is 6.00. The Morgan fingerprint density at radius 3 is 2.82 bits per heavy atom. The number of hydrogen-bond acceptors (Lipinski definition) is 1. The highest BCUT2D eigenvalue weighted by atomic mass is 35.5. The summed E-state index contributed by atoms with van der Waals surface area (Å²) in [5.74, 6) is 0. The molecule has 17 heavy (non-hydrogen) atoms. The second kappa shape index (κ2) is 7.52. The van der Waals surface area contributed by atoms with Crippen molar-refractivity contribution in [1.29, 1.82) is 0 Å². The summed E-state index contributed by atoms with van der Waals surface area (Å²) in [5, 5.41) is 4.38. The Morgan fingerprint density at radius 2 is 2.24 bits per heavy atom. The Labute approximate surface area is 110 Å². The number of rotatable bonds is 7. The van der Waals surface area contributed by atoms with Crippen LogP contribution in [0.25, 0.3) is 0 Å². The van der Waals surface area contributed by atoms with Crippen LogP contribution in [-0.4, -0.2) is 12.6 Å². The van der Waals surface area contributed by atoms with Gasteiger partial charge in [0.2, 0.25) is 0 Å². The first-order chi connectivity index (χ1) is 8.11. The number of benzene rings is 1. The zero-order valence-electron chi connectivity index (χ0n) is 10.8. The van der Waals surface area contributed by atoms with Crippen LogP contribution in [0.3, 0.4) is 0 Å². The van der Waals surface area contributed by atoms with E-state index in [1.807, 2.05) is 18.2 Å². The van der Waals surface area contributed by atoms with Gasteiger partial charge in [-0.2, -0.15) is 0 Å². The summed E-state index contributed by atoms with van der Waals surface area (Å²) in [6.45, 7) is 9.32. The second-order valence-corrected chi connectivity index (χ2v) is 5.08. The molecule has 0 radical (unpaired) electrons. The van der Waals surface area contributed by atoms with Crippen LogP contribution in [0.1, 0.15) is 32.3 Å². The summed E-state index contributed by atoms with van der Waals surface area (Å²) in [6.07, 6.45) is 3.18. The molecule has 0 fully saturated rings. The molecule has 2 heteroatoms. The van der Waals surface area contributed by atoms with Crippen LogP contribution in [0.5, 0.6) is 0 Å². The van der Waals surface area contributed by atoms with Gasteiger partial charge in [-0.25, -0.2) is 0 Å². The van der Waals surface area contributed by atoms with Gasteiger partial charge >= 0.3 is 0 Å². The van der Waals surface area contributed by atoms with E-state index < -0.39 is 0 Å². The lowest BCUT2D eigenvalue weighted by Crippen LogP contribution is -2.32. The third-order valence-electron chi connectivity index (χ3n) is 2.65. The van der Waals surface area contributed by atoms with Gasteiger partial charge in [0.05, 0.1) is 0 Å². The molecule has 0 saturated heterocycles. The summed E-state index contributed by atoms with van der Waals surface area (Å²) in [4.78, 5) is 0. The van der Waals surface area contributed by atoms with Gasteiger partial charge in [0.25, 0.3) is 0 Å². The molecule has 0 aliphatic rings. The van der Waals surface area contributed by atoms with Crippen molar-refractivity contribution in [2.75, 3.05) is 6.54 Å². The zero-order valence-corrected chi connectivity index (χ0v) is 11.6. The molecule has 0 aliphatic carbocycles. The molecule has 0 aromatic heterocycles. The fraction of sp³-hybridized carbons (Fsp3) is 0.467. The van der Waals surface area contributed by atoms with Gasteiger partial charge in [-0.15, -0.1) is 6.58 Å². The fourth-order valence-electron chi connectivity index (χ4n) is 1.93. The predicted molar refractivity (Wildman–Crippen MR) is 76.7 cm³/mol. The van der Waals surface area contributed by atoms with Crippen LogP contribution in [0.15, 0.2) is 36.4 Å². The molecule has 1 atom stereocenters. The molecule has 0 amide bonds. The Kier molecular flexibility index (Phi) is 6.31. The van der Waals surface area contributed by atoms with E-state index in [1.165, 1.54) is 11.1 Å². The van der Waals surface area contributed by atoms with Gasteiger partial charge in [-0.3, -0.25) is 0 Å². The molecular weight excluding hydrogens is 230 g/mol. The molecule has 0 aliphatic heterocycles. The third-order valence-corrected chi connectivity index (χ3v) is 2.88. The molecule has 0 spiro atoms. The van der Waals surface area contributed by atoms with E-state index in [4.69, 9.17) is 11.6 Å². The quantitative estimate of drug-likeness (QED) is 0.716. The van der Waals surface area contributed by atoms with Crippen molar-refractivity contribution in [3.05, 3.63) is 47.0 Å². The molecule has 94 valence electrons. The van der Waals surface area contributed by atoms with Crippen molar-refractivity contribution in [1.82, 2.24) is 5.32 Å². The first kappa shape index (κ1) is 14.3. The molecule has 1 aromatic rings. The van der Waals surface area contributed by atoms with Crippen molar-refractivity contribution in [3.8, 4) is 0 Å². The summed E-state index contributed by atoms with van der Waals surface area (Å²) >= 11 is 6.00. The van der Waals surface area contributed by atoms with Crippen LogP contribution in [0.4, 0.5) is 0 Å².